The molecule has 53 heavy (non-hydrogen) atoms. The number of aryl methyl sites for hydroxylation is 1. The van der Waals surface area contributed by atoms with Crippen LogP contribution < -0.4 is 4.90 Å². The summed E-state index contributed by atoms with van der Waals surface area (Å²) < 4.78 is 1.41. The van der Waals surface area contributed by atoms with Gasteiger partial charge >= 0.3 is 0 Å². The van der Waals surface area contributed by atoms with Gasteiger partial charge in [-0.05, 0) is 116 Å². The van der Waals surface area contributed by atoms with Crippen molar-refractivity contribution in [1.82, 2.24) is 0 Å². The van der Waals surface area contributed by atoms with Crippen LogP contribution in [0, 0.1) is 0 Å². The summed E-state index contributed by atoms with van der Waals surface area (Å²) in [5.41, 5.74) is 18.5. The molecular weight excluding hydrogens is 659 g/mol. The minimum Gasteiger partial charge on any atom is -0.310 e. The molecule has 0 radical (unpaired) electrons. The average Bonchev–Trinajstić information content (AvgIpc) is 3.79. The molecule has 0 fully saturated rings. The number of thiophene rings is 1. The fraction of sp³-hybridized carbons (Fsp3) is 0.216. The Balaban J connectivity index is 1.35. The molecule has 1 aromatic heterocycles. The lowest BCUT2D eigenvalue weighted by atomic mass is 9.70. The van der Waals surface area contributed by atoms with Gasteiger partial charge in [-0.3, -0.25) is 0 Å². The van der Waals surface area contributed by atoms with Gasteiger partial charge in [0.05, 0.1) is 11.1 Å². The van der Waals surface area contributed by atoms with Gasteiger partial charge in [-0.1, -0.05) is 145 Å². The number of anilines is 3. The van der Waals surface area contributed by atoms with Crippen LogP contribution in [0.2, 0.25) is 0 Å². The van der Waals surface area contributed by atoms with Crippen LogP contribution in [0.25, 0.3) is 38.4 Å². The minimum absolute atomic E-state index is 0.0682. The van der Waals surface area contributed by atoms with Crippen LogP contribution in [0.3, 0.4) is 0 Å². The minimum atomic E-state index is -0.416. The maximum atomic E-state index is 2.61. The first-order valence-corrected chi connectivity index (χ1v) is 20.0. The van der Waals surface area contributed by atoms with E-state index in [0.29, 0.717) is 0 Å². The number of benzene rings is 6. The monoisotopic (exact) mass is 703 g/mol. The predicted octanol–water partition coefficient (Wildman–Crippen LogP) is 14.3. The highest BCUT2D eigenvalue weighted by Crippen LogP contribution is 2.66. The topological polar surface area (TPSA) is 3.24 Å². The summed E-state index contributed by atoms with van der Waals surface area (Å²) in [6.07, 6.45) is 6.87. The SMILES string of the molecule is CC(C)(C)c1ccc(N(c2ccc(C(C)(C)C)cc2)c2cc3c(c4sc5c(c24)CCC=C5)-c2ccccc2C32c3ccccc3-c3ccccc32)cc1. The molecule has 10 rings (SSSR count). The molecule has 0 bridgehead atoms. The van der Waals surface area contributed by atoms with Gasteiger partial charge in [-0.15, -0.1) is 11.3 Å². The van der Waals surface area contributed by atoms with Crippen LogP contribution >= 0.6 is 11.3 Å². The number of fused-ring (bicyclic) bond motifs is 14. The third-order valence-electron chi connectivity index (χ3n) is 12.1. The molecule has 3 aliphatic rings. The number of hydrogen-bond acceptors (Lipinski definition) is 2. The molecule has 0 amide bonds. The Bertz CT molecular complexity index is 2520. The molecule has 6 aromatic carbocycles. The second kappa shape index (κ2) is 11.4. The summed E-state index contributed by atoms with van der Waals surface area (Å²) in [6, 6.07) is 48.9. The van der Waals surface area contributed by atoms with E-state index in [1.54, 1.807) is 0 Å². The van der Waals surface area contributed by atoms with Crippen LogP contribution in [0.5, 0.6) is 0 Å². The van der Waals surface area contributed by atoms with Crippen molar-refractivity contribution in [3.05, 3.63) is 177 Å². The first-order valence-electron chi connectivity index (χ1n) is 19.2. The first kappa shape index (κ1) is 32.5. The highest BCUT2D eigenvalue weighted by Gasteiger charge is 2.52. The normalized spacial score (nSPS) is 14.9. The fourth-order valence-corrected chi connectivity index (χ4v) is 10.9. The highest BCUT2D eigenvalue weighted by atomic mass is 32.1. The summed E-state index contributed by atoms with van der Waals surface area (Å²) in [4.78, 5) is 3.97. The Morgan fingerprint density at radius 1 is 0.566 bits per heavy atom. The molecule has 0 N–H and O–H groups in total. The maximum Gasteiger partial charge on any atom is 0.0726 e. The van der Waals surface area contributed by atoms with Crippen LogP contribution in [0.4, 0.5) is 17.1 Å². The Morgan fingerprint density at radius 2 is 1.06 bits per heavy atom. The summed E-state index contributed by atoms with van der Waals surface area (Å²) in [6.45, 7) is 13.8. The lowest BCUT2D eigenvalue weighted by Gasteiger charge is -2.33. The van der Waals surface area contributed by atoms with Crippen LogP contribution in [0.15, 0.2) is 133 Å². The molecule has 7 aromatic rings. The predicted molar refractivity (Wildman–Crippen MR) is 228 cm³/mol. The molecule has 1 heterocycles. The molecule has 1 nitrogen and oxygen atoms in total. The largest absolute Gasteiger partial charge is 0.310 e. The lowest BCUT2D eigenvalue weighted by molar-refractivity contribution is 0.590. The van der Waals surface area contributed by atoms with Crippen molar-refractivity contribution < 1.29 is 0 Å². The molecular formula is C51H45NS. The number of allylic oxidation sites excluding steroid dienone is 1. The van der Waals surface area contributed by atoms with Crippen molar-refractivity contribution in [2.75, 3.05) is 4.90 Å². The van der Waals surface area contributed by atoms with Gasteiger partial charge in [0.15, 0.2) is 0 Å². The van der Waals surface area contributed by atoms with E-state index in [1.807, 2.05) is 11.3 Å². The molecule has 0 saturated carbocycles. The number of hydrogen-bond donors (Lipinski definition) is 0. The Morgan fingerprint density at radius 3 is 1.58 bits per heavy atom. The highest BCUT2D eigenvalue weighted by molar-refractivity contribution is 7.20. The van der Waals surface area contributed by atoms with Crippen LogP contribution in [-0.4, -0.2) is 0 Å². The van der Waals surface area contributed by atoms with Gasteiger partial charge in [0.2, 0.25) is 0 Å². The van der Waals surface area contributed by atoms with E-state index in [0.717, 1.165) is 12.8 Å². The molecule has 0 atom stereocenters. The third kappa shape index (κ3) is 4.61. The molecule has 0 aliphatic heterocycles. The van der Waals surface area contributed by atoms with Gasteiger partial charge in [-0.2, -0.15) is 0 Å². The van der Waals surface area contributed by atoms with E-state index in [9.17, 15) is 0 Å². The number of rotatable bonds is 3. The fourth-order valence-electron chi connectivity index (χ4n) is 9.51. The van der Waals surface area contributed by atoms with Crippen LogP contribution in [0.1, 0.15) is 91.8 Å². The van der Waals surface area contributed by atoms with Crippen molar-refractivity contribution in [1.29, 1.82) is 0 Å². The second-order valence-electron chi connectivity index (χ2n) is 17.2. The standard InChI is InChI=1S/C51H45NS/c1-49(2,3)32-23-27-34(28-24-32)52(35-29-25-33(26-30-35)50(4,5)6)44-31-43-46(48-47(44)39-18-10-14-22-45(39)53-48)38-17-9-13-21-42(38)51(43)40-19-11-7-15-36(40)37-16-8-12-20-41(37)51/h7-9,11-17,19-31H,10,18H2,1-6H3. The molecule has 3 aliphatic carbocycles. The molecule has 0 saturated heterocycles. The van der Waals surface area contributed by atoms with Crippen molar-refractivity contribution in [2.45, 2.75) is 70.6 Å². The molecule has 2 heteroatoms. The average molecular weight is 704 g/mol. The van der Waals surface area contributed by atoms with Crippen molar-refractivity contribution in [3.8, 4) is 22.3 Å². The zero-order valence-corrected chi connectivity index (χ0v) is 32.4. The van der Waals surface area contributed by atoms with Crippen molar-refractivity contribution >= 4 is 44.6 Å². The van der Waals surface area contributed by atoms with E-state index in [1.165, 1.54) is 93.2 Å². The van der Waals surface area contributed by atoms with Crippen molar-refractivity contribution in [2.24, 2.45) is 0 Å². The number of nitrogens with zero attached hydrogens (tertiary/aromatic N) is 1. The zero-order valence-electron chi connectivity index (χ0n) is 31.5. The lowest BCUT2D eigenvalue weighted by Crippen LogP contribution is -2.26. The van der Waals surface area contributed by atoms with Crippen molar-refractivity contribution in [3.63, 3.8) is 0 Å². The zero-order chi connectivity index (χ0) is 36.3. The Hall–Kier alpha value is -5.18. The second-order valence-corrected chi connectivity index (χ2v) is 18.3. The molecule has 260 valence electrons. The van der Waals surface area contributed by atoms with E-state index in [4.69, 9.17) is 0 Å². The quantitative estimate of drug-likeness (QED) is 0.177. The van der Waals surface area contributed by atoms with E-state index in [-0.39, 0.29) is 10.8 Å². The summed E-state index contributed by atoms with van der Waals surface area (Å²) in [5.74, 6) is 0. The summed E-state index contributed by atoms with van der Waals surface area (Å²) in [5, 5.41) is 1.40. The Labute approximate surface area is 318 Å². The van der Waals surface area contributed by atoms with Gasteiger partial charge in [-0.25, -0.2) is 0 Å². The van der Waals surface area contributed by atoms with E-state index >= 15 is 0 Å². The maximum absolute atomic E-state index is 2.61. The first-order chi connectivity index (χ1) is 25.6. The van der Waals surface area contributed by atoms with Gasteiger partial charge < -0.3 is 4.90 Å². The summed E-state index contributed by atoms with van der Waals surface area (Å²) >= 11 is 1.99. The van der Waals surface area contributed by atoms with Crippen LogP contribution in [-0.2, 0) is 22.7 Å². The smallest absolute Gasteiger partial charge is 0.0726 e. The van der Waals surface area contributed by atoms with E-state index < -0.39 is 5.41 Å². The van der Waals surface area contributed by atoms with E-state index in [2.05, 4.69) is 186 Å². The van der Waals surface area contributed by atoms with Gasteiger partial charge in [0.1, 0.15) is 0 Å². The van der Waals surface area contributed by atoms with Gasteiger partial charge in [0.25, 0.3) is 0 Å². The molecule has 0 unspecified atom stereocenters. The summed E-state index contributed by atoms with van der Waals surface area (Å²) in [7, 11) is 0. The third-order valence-corrected chi connectivity index (χ3v) is 13.3. The van der Waals surface area contributed by atoms with Gasteiger partial charge in [0, 0.05) is 31.9 Å². The molecule has 1 spiro atoms. The Kier molecular flexibility index (Phi) is 6.99.